The van der Waals surface area contributed by atoms with E-state index in [1.54, 1.807) is 42.5 Å². The van der Waals surface area contributed by atoms with Crippen molar-refractivity contribution >= 4 is 17.4 Å². The summed E-state index contributed by atoms with van der Waals surface area (Å²) < 4.78 is 49.5. The van der Waals surface area contributed by atoms with Gasteiger partial charge in [0, 0.05) is 19.1 Å². The summed E-state index contributed by atoms with van der Waals surface area (Å²) in [5.74, 6) is -0.544. The fraction of sp³-hybridized carbons (Fsp3) is 0.200. The van der Waals surface area contributed by atoms with Crippen molar-refractivity contribution in [2.45, 2.75) is 12.6 Å². The third-order valence-corrected chi connectivity index (χ3v) is 4.77. The van der Waals surface area contributed by atoms with Gasteiger partial charge in [-0.1, -0.05) is 42.5 Å². The SMILES string of the molecule is COCCOc1ccccc1C(=O)Nc1ccccc1C(=O)Cc1cccc(C(F)(F)F)c1. The summed E-state index contributed by atoms with van der Waals surface area (Å²) in [6.45, 7) is 0.607. The highest BCUT2D eigenvalue weighted by Gasteiger charge is 2.30. The molecule has 3 rings (SSSR count). The molecule has 0 aliphatic heterocycles. The fourth-order valence-corrected chi connectivity index (χ4v) is 3.18. The van der Waals surface area contributed by atoms with Crippen molar-refractivity contribution in [3.8, 4) is 5.75 Å². The van der Waals surface area contributed by atoms with Gasteiger partial charge in [0.05, 0.1) is 23.4 Å². The zero-order valence-electron chi connectivity index (χ0n) is 17.8. The number of alkyl halides is 3. The molecule has 33 heavy (non-hydrogen) atoms. The van der Waals surface area contributed by atoms with Crippen molar-refractivity contribution in [2.75, 3.05) is 25.6 Å². The number of para-hydroxylation sites is 2. The highest BCUT2D eigenvalue weighted by molar-refractivity contribution is 6.10. The van der Waals surface area contributed by atoms with E-state index in [0.717, 1.165) is 12.1 Å². The van der Waals surface area contributed by atoms with Crippen molar-refractivity contribution < 1.29 is 32.2 Å². The number of rotatable bonds is 9. The minimum atomic E-state index is -4.50. The Hall–Kier alpha value is -3.65. The number of hydrogen-bond acceptors (Lipinski definition) is 4. The number of anilines is 1. The fourth-order valence-electron chi connectivity index (χ4n) is 3.18. The van der Waals surface area contributed by atoms with Crippen LogP contribution in [0.1, 0.15) is 31.8 Å². The summed E-state index contributed by atoms with van der Waals surface area (Å²) in [6, 6.07) is 17.6. The van der Waals surface area contributed by atoms with Gasteiger partial charge in [0.25, 0.3) is 5.91 Å². The standard InChI is InChI=1S/C25H22F3NO4/c1-32-13-14-33-23-12-5-3-10-20(23)24(31)29-21-11-4-2-9-19(21)22(30)16-17-7-6-8-18(15-17)25(26,27)28/h2-12,15H,13-14,16H2,1H3,(H,29,31). The van der Waals surface area contributed by atoms with Crippen LogP contribution in [0.15, 0.2) is 72.8 Å². The van der Waals surface area contributed by atoms with Crippen molar-refractivity contribution in [1.29, 1.82) is 0 Å². The van der Waals surface area contributed by atoms with Crippen LogP contribution >= 0.6 is 0 Å². The van der Waals surface area contributed by atoms with Gasteiger partial charge < -0.3 is 14.8 Å². The number of amides is 1. The van der Waals surface area contributed by atoms with Crippen molar-refractivity contribution in [3.05, 3.63) is 95.1 Å². The van der Waals surface area contributed by atoms with Gasteiger partial charge in [-0.3, -0.25) is 9.59 Å². The Morgan fingerprint density at radius 2 is 1.58 bits per heavy atom. The topological polar surface area (TPSA) is 64.6 Å². The number of Topliss-reactive ketones (excluding diaryl/α,β-unsaturated/α-hetero) is 1. The molecule has 0 fully saturated rings. The number of benzene rings is 3. The Morgan fingerprint density at radius 1 is 0.879 bits per heavy atom. The van der Waals surface area contributed by atoms with Crippen LogP contribution < -0.4 is 10.1 Å². The van der Waals surface area contributed by atoms with Gasteiger partial charge in [0.1, 0.15) is 12.4 Å². The van der Waals surface area contributed by atoms with Gasteiger partial charge in [-0.15, -0.1) is 0 Å². The number of methoxy groups -OCH3 is 1. The second-order valence-electron chi connectivity index (χ2n) is 7.14. The number of nitrogens with one attached hydrogen (secondary N) is 1. The molecular weight excluding hydrogens is 435 g/mol. The third-order valence-electron chi connectivity index (χ3n) is 4.77. The maximum Gasteiger partial charge on any atom is 0.416 e. The maximum absolute atomic E-state index is 13.0. The van der Waals surface area contributed by atoms with Crippen LogP contribution in [0.2, 0.25) is 0 Å². The van der Waals surface area contributed by atoms with E-state index in [0.29, 0.717) is 12.4 Å². The average molecular weight is 457 g/mol. The number of halogens is 3. The molecule has 0 atom stereocenters. The van der Waals surface area contributed by atoms with E-state index in [4.69, 9.17) is 9.47 Å². The largest absolute Gasteiger partial charge is 0.490 e. The molecule has 0 saturated carbocycles. The molecule has 0 aliphatic carbocycles. The minimum Gasteiger partial charge on any atom is -0.490 e. The Labute approximate surface area is 189 Å². The molecule has 172 valence electrons. The Morgan fingerprint density at radius 3 is 2.30 bits per heavy atom. The Balaban J connectivity index is 1.79. The van der Waals surface area contributed by atoms with Crippen molar-refractivity contribution in [3.63, 3.8) is 0 Å². The molecule has 0 aromatic heterocycles. The lowest BCUT2D eigenvalue weighted by atomic mass is 10.00. The van der Waals surface area contributed by atoms with Gasteiger partial charge >= 0.3 is 6.18 Å². The molecule has 0 spiro atoms. The molecule has 1 amide bonds. The first-order valence-corrected chi connectivity index (χ1v) is 10.1. The molecule has 3 aromatic carbocycles. The quantitative estimate of drug-likeness (QED) is 0.345. The zero-order chi connectivity index (χ0) is 23.8. The second kappa shape index (κ2) is 10.8. The third kappa shape index (κ3) is 6.43. The monoisotopic (exact) mass is 457 g/mol. The van der Waals surface area contributed by atoms with Crippen LogP contribution in [0.5, 0.6) is 5.75 Å². The molecule has 0 saturated heterocycles. The Kier molecular flexibility index (Phi) is 7.84. The molecular formula is C25H22F3NO4. The van der Waals surface area contributed by atoms with E-state index in [-0.39, 0.29) is 35.4 Å². The summed E-state index contributed by atoms with van der Waals surface area (Å²) in [5.41, 5.74) is 0.133. The van der Waals surface area contributed by atoms with Gasteiger partial charge in [-0.25, -0.2) is 0 Å². The van der Waals surface area contributed by atoms with Crippen molar-refractivity contribution in [2.24, 2.45) is 0 Å². The predicted octanol–water partition coefficient (Wildman–Crippen LogP) is 5.41. The van der Waals surface area contributed by atoms with Crippen LogP contribution in [-0.2, 0) is 17.3 Å². The molecule has 0 aliphatic rings. The molecule has 3 aromatic rings. The molecule has 0 unspecified atom stereocenters. The maximum atomic E-state index is 13.0. The van der Waals surface area contributed by atoms with Crippen LogP contribution in [0.4, 0.5) is 18.9 Å². The van der Waals surface area contributed by atoms with Crippen LogP contribution in [0, 0.1) is 0 Å². The summed E-state index contributed by atoms with van der Waals surface area (Å²) in [7, 11) is 1.54. The van der Waals surface area contributed by atoms with Gasteiger partial charge in [0.15, 0.2) is 5.78 Å². The van der Waals surface area contributed by atoms with E-state index < -0.39 is 23.4 Å². The second-order valence-corrected chi connectivity index (χ2v) is 7.14. The number of carbonyl (C=O) groups excluding carboxylic acids is 2. The molecule has 5 nitrogen and oxygen atoms in total. The normalized spacial score (nSPS) is 11.2. The van der Waals surface area contributed by atoms with Crippen LogP contribution in [0.3, 0.4) is 0 Å². The Bertz CT molecular complexity index is 1130. The van der Waals surface area contributed by atoms with Crippen LogP contribution in [-0.4, -0.2) is 32.0 Å². The van der Waals surface area contributed by atoms with E-state index in [2.05, 4.69) is 5.32 Å². The van der Waals surface area contributed by atoms with Crippen LogP contribution in [0.25, 0.3) is 0 Å². The first-order chi connectivity index (χ1) is 15.8. The van der Waals surface area contributed by atoms with E-state index >= 15 is 0 Å². The molecule has 8 heteroatoms. The molecule has 1 N–H and O–H groups in total. The van der Waals surface area contributed by atoms with E-state index in [1.807, 2.05) is 0 Å². The first kappa shape index (κ1) is 24.0. The summed E-state index contributed by atoms with van der Waals surface area (Å²) in [4.78, 5) is 25.8. The average Bonchev–Trinajstić information content (AvgIpc) is 2.79. The number of carbonyl (C=O) groups is 2. The van der Waals surface area contributed by atoms with Gasteiger partial charge in [-0.05, 0) is 35.9 Å². The molecule has 0 heterocycles. The molecule has 0 radical (unpaired) electrons. The zero-order valence-corrected chi connectivity index (χ0v) is 17.8. The van der Waals surface area contributed by atoms with E-state index in [1.165, 1.54) is 25.3 Å². The van der Waals surface area contributed by atoms with Gasteiger partial charge in [-0.2, -0.15) is 13.2 Å². The summed E-state index contributed by atoms with van der Waals surface area (Å²) in [6.07, 6.45) is -4.74. The first-order valence-electron chi connectivity index (χ1n) is 10.1. The lowest BCUT2D eigenvalue weighted by molar-refractivity contribution is -0.137. The smallest absolute Gasteiger partial charge is 0.416 e. The summed E-state index contributed by atoms with van der Waals surface area (Å²) in [5, 5.41) is 2.71. The van der Waals surface area contributed by atoms with E-state index in [9.17, 15) is 22.8 Å². The van der Waals surface area contributed by atoms with Gasteiger partial charge in [0.2, 0.25) is 0 Å². The highest BCUT2D eigenvalue weighted by atomic mass is 19.4. The highest BCUT2D eigenvalue weighted by Crippen LogP contribution is 2.30. The minimum absolute atomic E-state index is 0.195. The number of ether oxygens (including phenoxy) is 2. The lowest BCUT2D eigenvalue weighted by Crippen LogP contribution is -2.17. The predicted molar refractivity (Wildman–Crippen MR) is 118 cm³/mol. The summed E-state index contributed by atoms with van der Waals surface area (Å²) >= 11 is 0. The number of ketones is 1. The van der Waals surface area contributed by atoms with Crippen molar-refractivity contribution in [1.82, 2.24) is 0 Å². The number of hydrogen-bond donors (Lipinski definition) is 1. The lowest BCUT2D eigenvalue weighted by Gasteiger charge is -2.14. The molecule has 0 bridgehead atoms.